The van der Waals surface area contributed by atoms with Crippen LogP contribution in [0, 0.1) is 6.92 Å². The molecule has 0 aliphatic carbocycles. The first-order valence-electron chi connectivity index (χ1n) is 6.92. The van der Waals surface area contributed by atoms with E-state index in [-0.39, 0.29) is 11.6 Å². The molecule has 4 nitrogen and oxygen atoms in total. The van der Waals surface area contributed by atoms with E-state index in [0.29, 0.717) is 27.2 Å². The molecule has 1 aromatic heterocycles. The summed E-state index contributed by atoms with van der Waals surface area (Å²) in [6.45, 7) is 1.97. The predicted molar refractivity (Wildman–Crippen MR) is 98.8 cm³/mol. The Morgan fingerprint density at radius 1 is 1.17 bits per heavy atom. The zero-order valence-corrected chi connectivity index (χ0v) is 15.5. The van der Waals surface area contributed by atoms with Crippen LogP contribution in [0.4, 0.5) is 5.69 Å². The van der Waals surface area contributed by atoms with Gasteiger partial charge in [0.1, 0.15) is 6.26 Å². The second-order valence-electron chi connectivity index (χ2n) is 5.08. The zero-order valence-electron chi connectivity index (χ0n) is 12.4. The van der Waals surface area contributed by atoms with Crippen LogP contribution in [0.15, 0.2) is 51.6 Å². The van der Waals surface area contributed by atoms with Crippen molar-refractivity contribution in [3.63, 3.8) is 0 Å². The second-order valence-corrected chi connectivity index (χ2v) is 6.75. The minimum atomic E-state index is -0.360. The molecule has 1 amide bonds. The second kappa shape index (κ2) is 6.97. The largest absolute Gasteiger partial charge is 0.444 e. The summed E-state index contributed by atoms with van der Waals surface area (Å²) in [5, 5.41) is 3.60. The Balaban J connectivity index is 1.80. The molecule has 3 rings (SSSR count). The molecule has 0 radical (unpaired) electrons. The third kappa shape index (κ3) is 3.64. The van der Waals surface area contributed by atoms with Gasteiger partial charge in [0.15, 0.2) is 5.69 Å². The molecule has 0 atom stereocenters. The van der Waals surface area contributed by atoms with Gasteiger partial charge in [-0.05, 0) is 42.8 Å². The normalized spacial score (nSPS) is 10.7. The molecule has 0 aliphatic heterocycles. The molecule has 0 saturated carbocycles. The van der Waals surface area contributed by atoms with E-state index in [4.69, 9.17) is 27.6 Å². The molecule has 0 saturated heterocycles. The Morgan fingerprint density at radius 3 is 2.67 bits per heavy atom. The van der Waals surface area contributed by atoms with Gasteiger partial charge in [-0.15, -0.1) is 0 Å². The number of rotatable bonds is 3. The van der Waals surface area contributed by atoms with E-state index in [1.807, 2.05) is 25.1 Å². The van der Waals surface area contributed by atoms with Crippen LogP contribution < -0.4 is 5.32 Å². The Morgan fingerprint density at radius 2 is 1.96 bits per heavy atom. The smallest absolute Gasteiger partial charge is 0.277 e. The van der Waals surface area contributed by atoms with Gasteiger partial charge in [-0.25, -0.2) is 4.98 Å². The van der Waals surface area contributed by atoms with E-state index in [1.165, 1.54) is 6.26 Å². The molecule has 2 aromatic carbocycles. The maximum atomic E-state index is 12.3. The number of carbonyl (C=O) groups excluding carboxylic acids is 1. The van der Waals surface area contributed by atoms with Gasteiger partial charge in [-0.1, -0.05) is 45.2 Å². The quantitative estimate of drug-likeness (QED) is 0.562. The van der Waals surface area contributed by atoms with Gasteiger partial charge in [0.2, 0.25) is 5.89 Å². The van der Waals surface area contributed by atoms with Crippen molar-refractivity contribution in [1.29, 1.82) is 0 Å². The lowest BCUT2D eigenvalue weighted by Crippen LogP contribution is -2.12. The molecule has 1 N–H and O–H groups in total. The molecule has 0 fully saturated rings. The highest BCUT2D eigenvalue weighted by molar-refractivity contribution is 9.10. The maximum Gasteiger partial charge on any atom is 0.277 e. The number of anilines is 1. The molecular weight excluding hydrogens is 415 g/mol. The molecule has 24 heavy (non-hydrogen) atoms. The van der Waals surface area contributed by atoms with E-state index >= 15 is 0 Å². The highest BCUT2D eigenvalue weighted by Crippen LogP contribution is 2.28. The summed E-state index contributed by atoms with van der Waals surface area (Å²) < 4.78 is 6.28. The summed E-state index contributed by atoms with van der Waals surface area (Å²) in [6, 6.07) is 10.6. The molecule has 3 aromatic rings. The number of hydrogen-bond donors (Lipinski definition) is 1. The third-order valence-electron chi connectivity index (χ3n) is 3.33. The zero-order chi connectivity index (χ0) is 17.3. The Labute approximate surface area is 156 Å². The number of carbonyl (C=O) groups is 1. The van der Waals surface area contributed by atoms with Crippen LogP contribution in [0.5, 0.6) is 0 Å². The fraction of sp³-hybridized carbons (Fsp3) is 0.0588. The van der Waals surface area contributed by atoms with Crippen LogP contribution in [0.25, 0.3) is 11.5 Å². The number of nitrogens with zero attached hydrogens (tertiary/aromatic N) is 1. The molecule has 0 aliphatic rings. The number of halogens is 3. The van der Waals surface area contributed by atoms with Crippen molar-refractivity contribution in [3.8, 4) is 11.5 Å². The highest BCUT2D eigenvalue weighted by atomic mass is 79.9. The summed E-state index contributed by atoms with van der Waals surface area (Å²) >= 11 is 15.3. The van der Waals surface area contributed by atoms with Crippen molar-refractivity contribution in [2.45, 2.75) is 6.92 Å². The van der Waals surface area contributed by atoms with Crippen molar-refractivity contribution < 1.29 is 9.21 Å². The molecule has 122 valence electrons. The van der Waals surface area contributed by atoms with Gasteiger partial charge in [0.05, 0.1) is 10.0 Å². The fourth-order valence-electron chi connectivity index (χ4n) is 2.01. The molecular formula is C17H11BrCl2N2O2. The van der Waals surface area contributed by atoms with Crippen molar-refractivity contribution in [3.05, 3.63) is 68.4 Å². The number of aromatic nitrogens is 1. The van der Waals surface area contributed by atoms with Gasteiger partial charge in [-0.3, -0.25) is 4.79 Å². The summed E-state index contributed by atoms with van der Waals surface area (Å²) in [4.78, 5) is 16.5. The molecule has 7 heteroatoms. The fourth-order valence-corrected chi connectivity index (χ4v) is 2.68. The highest BCUT2D eigenvalue weighted by Gasteiger charge is 2.15. The topological polar surface area (TPSA) is 55.1 Å². The molecule has 1 heterocycles. The lowest BCUT2D eigenvalue weighted by molar-refractivity contribution is 0.102. The summed E-state index contributed by atoms with van der Waals surface area (Å²) in [6.07, 6.45) is 1.30. The Bertz CT molecular complexity index is 925. The number of benzene rings is 2. The number of aryl methyl sites for hydroxylation is 1. The van der Waals surface area contributed by atoms with Crippen molar-refractivity contribution >= 4 is 50.7 Å². The van der Waals surface area contributed by atoms with Crippen LogP contribution in [0.3, 0.4) is 0 Å². The first-order chi connectivity index (χ1) is 11.4. The maximum absolute atomic E-state index is 12.3. The number of hydrogen-bond acceptors (Lipinski definition) is 3. The van der Waals surface area contributed by atoms with Crippen LogP contribution in [0.1, 0.15) is 16.1 Å². The van der Waals surface area contributed by atoms with Crippen LogP contribution in [0.2, 0.25) is 10.0 Å². The lowest BCUT2D eigenvalue weighted by atomic mass is 10.2. The van der Waals surface area contributed by atoms with Crippen LogP contribution in [-0.4, -0.2) is 10.9 Å². The first kappa shape index (κ1) is 17.0. The van der Waals surface area contributed by atoms with Crippen LogP contribution in [-0.2, 0) is 0 Å². The Kier molecular flexibility index (Phi) is 4.94. The Hall–Kier alpha value is -1.82. The minimum absolute atomic E-state index is 0.174. The van der Waals surface area contributed by atoms with Crippen molar-refractivity contribution in [1.82, 2.24) is 4.98 Å². The number of nitrogens with one attached hydrogen (secondary N) is 1. The number of amides is 1. The standard InChI is InChI=1S/C17H11BrCl2N2O2/c1-9-2-4-11(7-12(9)18)21-16(23)15-8-24-17(22-15)10-3-5-13(19)14(20)6-10/h2-8H,1H3,(H,21,23). The van der Waals surface area contributed by atoms with E-state index in [1.54, 1.807) is 18.2 Å². The van der Waals surface area contributed by atoms with Crippen LogP contribution >= 0.6 is 39.1 Å². The average Bonchev–Trinajstić information content (AvgIpc) is 3.04. The van der Waals surface area contributed by atoms with Gasteiger partial charge in [0.25, 0.3) is 5.91 Å². The third-order valence-corrected chi connectivity index (χ3v) is 4.93. The SMILES string of the molecule is Cc1ccc(NC(=O)c2coc(-c3ccc(Cl)c(Cl)c3)n2)cc1Br. The number of oxazole rings is 1. The van der Waals surface area contributed by atoms with E-state index in [2.05, 4.69) is 26.2 Å². The van der Waals surface area contributed by atoms with E-state index in [9.17, 15) is 4.79 Å². The summed E-state index contributed by atoms with van der Waals surface area (Å²) in [5.74, 6) is -0.0652. The predicted octanol–water partition coefficient (Wildman–Crippen LogP) is 5.97. The molecule has 0 spiro atoms. The minimum Gasteiger partial charge on any atom is -0.444 e. The summed E-state index contributed by atoms with van der Waals surface area (Å²) in [5.41, 5.74) is 2.56. The van der Waals surface area contributed by atoms with Gasteiger partial charge in [-0.2, -0.15) is 0 Å². The first-order valence-corrected chi connectivity index (χ1v) is 8.47. The average molecular weight is 426 g/mol. The molecule has 0 unspecified atom stereocenters. The van der Waals surface area contributed by atoms with Crippen molar-refractivity contribution in [2.24, 2.45) is 0 Å². The lowest BCUT2D eigenvalue weighted by Gasteiger charge is -2.05. The van der Waals surface area contributed by atoms with E-state index < -0.39 is 0 Å². The summed E-state index contributed by atoms with van der Waals surface area (Å²) in [7, 11) is 0. The monoisotopic (exact) mass is 424 g/mol. The van der Waals surface area contributed by atoms with E-state index in [0.717, 1.165) is 10.0 Å². The van der Waals surface area contributed by atoms with Gasteiger partial charge < -0.3 is 9.73 Å². The molecule has 0 bridgehead atoms. The van der Waals surface area contributed by atoms with Gasteiger partial charge >= 0.3 is 0 Å². The van der Waals surface area contributed by atoms with Gasteiger partial charge in [0, 0.05) is 15.7 Å². The van der Waals surface area contributed by atoms with Crippen molar-refractivity contribution in [2.75, 3.05) is 5.32 Å².